The molecule has 0 fully saturated rings. The molecule has 3 aromatic rings. The number of esters is 2. The van der Waals surface area contributed by atoms with Crippen molar-refractivity contribution in [1.82, 2.24) is 10.6 Å². The Bertz CT molecular complexity index is 1160. The number of amides is 2. The molecule has 0 atom stereocenters. The third-order valence-electron chi connectivity index (χ3n) is 4.67. The van der Waals surface area contributed by atoms with E-state index in [9.17, 15) is 19.2 Å². The highest BCUT2D eigenvalue weighted by molar-refractivity contribution is 5.96. The average Bonchev–Trinajstić information content (AvgIpc) is 2.86. The fourth-order valence-electron chi connectivity index (χ4n) is 2.86. The van der Waals surface area contributed by atoms with Gasteiger partial charge in [0.15, 0.2) is 0 Å². The maximum absolute atomic E-state index is 12.3. The SMILES string of the molecule is Cc1ccc(C(=O)NCC(=O)NCC(=O)OCc2cccc(C(=O)Oc3ccccc3)c2)cc1. The standard InChI is InChI=1S/C26H24N2O6/c1-18-10-12-20(13-11-18)25(31)28-15-23(29)27-16-24(30)33-17-19-6-5-7-21(14-19)26(32)34-22-8-3-2-4-9-22/h2-14H,15-17H2,1H3,(H,27,29)(H,28,31). The zero-order valence-electron chi connectivity index (χ0n) is 18.6. The number of hydrogen-bond donors (Lipinski definition) is 2. The van der Waals surface area contributed by atoms with Crippen molar-refractivity contribution in [2.75, 3.05) is 13.1 Å². The summed E-state index contributed by atoms with van der Waals surface area (Å²) in [5, 5.41) is 4.88. The van der Waals surface area contributed by atoms with Crippen molar-refractivity contribution in [3.05, 3.63) is 101 Å². The first-order chi connectivity index (χ1) is 16.4. The van der Waals surface area contributed by atoms with Crippen LogP contribution in [0.3, 0.4) is 0 Å². The van der Waals surface area contributed by atoms with Crippen LogP contribution in [0.5, 0.6) is 5.75 Å². The van der Waals surface area contributed by atoms with Gasteiger partial charge < -0.3 is 20.1 Å². The zero-order valence-corrected chi connectivity index (χ0v) is 18.6. The Kier molecular flexibility index (Phi) is 8.51. The van der Waals surface area contributed by atoms with Crippen LogP contribution in [0, 0.1) is 6.92 Å². The summed E-state index contributed by atoms with van der Waals surface area (Å²) in [5.41, 5.74) is 2.36. The number of benzene rings is 3. The third kappa shape index (κ3) is 7.59. The van der Waals surface area contributed by atoms with Gasteiger partial charge in [0.05, 0.1) is 12.1 Å². The van der Waals surface area contributed by atoms with Gasteiger partial charge in [-0.3, -0.25) is 14.4 Å². The molecule has 0 spiro atoms. The number of carbonyl (C=O) groups excluding carboxylic acids is 4. The third-order valence-corrected chi connectivity index (χ3v) is 4.67. The molecule has 0 bridgehead atoms. The smallest absolute Gasteiger partial charge is 0.343 e. The van der Waals surface area contributed by atoms with Gasteiger partial charge in [-0.2, -0.15) is 0 Å². The number of hydrogen-bond acceptors (Lipinski definition) is 6. The largest absolute Gasteiger partial charge is 0.460 e. The fourth-order valence-corrected chi connectivity index (χ4v) is 2.86. The fraction of sp³-hybridized carbons (Fsp3) is 0.154. The monoisotopic (exact) mass is 460 g/mol. The molecule has 0 aliphatic carbocycles. The van der Waals surface area contributed by atoms with Crippen LogP contribution in [0.15, 0.2) is 78.9 Å². The minimum absolute atomic E-state index is 0.0781. The van der Waals surface area contributed by atoms with E-state index in [1.165, 1.54) is 0 Å². The minimum Gasteiger partial charge on any atom is -0.460 e. The average molecular weight is 460 g/mol. The summed E-state index contributed by atoms with van der Waals surface area (Å²) in [6.07, 6.45) is 0. The molecule has 0 radical (unpaired) electrons. The van der Waals surface area contributed by atoms with Gasteiger partial charge in [-0.25, -0.2) is 4.79 Å². The molecule has 0 aromatic heterocycles. The molecule has 0 aliphatic rings. The lowest BCUT2D eigenvalue weighted by molar-refractivity contribution is -0.145. The number of aryl methyl sites for hydroxylation is 1. The Morgan fingerprint density at radius 3 is 2.24 bits per heavy atom. The van der Waals surface area contributed by atoms with E-state index in [1.54, 1.807) is 72.8 Å². The summed E-state index contributed by atoms with van der Waals surface area (Å²) in [4.78, 5) is 48.2. The molecular weight excluding hydrogens is 436 g/mol. The number of ether oxygens (including phenoxy) is 2. The summed E-state index contributed by atoms with van der Waals surface area (Å²) in [5.74, 6) is -1.67. The molecule has 0 heterocycles. The molecule has 8 heteroatoms. The van der Waals surface area contributed by atoms with Crippen molar-refractivity contribution >= 4 is 23.8 Å². The minimum atomic E-state index is -0.657. The zero-order chi connectivity index (χ0) is 24.3. The van der Waals surface area contributed by atoms with Crippen molar-refractivity contribution in [2.24, 2.45) is 0 Å². The molecule has 2 amide bonds. The molecular formula is C26H24N2O6. The Balaban J connectivity index is 1.39. The van der Waals surface area contributed by atoms with E-state index in [1.807, 2.05) is 13.0 Å². The second kappa shape index (κ2) is 12.0. The van der Waals surface area contributed by atoms with E-state index in [0.29, 0.717) is 22.4 Å². The maximum atomic E-state index is 12.3. The molecule has 0 aliphatic heterocycles. The van der Waals surface area contributed by atoms with Crippen LogP contribution in [-0.2, 0) is 20.9 Å². The Labute approximate surface area is 196 Å². The summed E-state index contributed by atoms with van der Waals surface area (Å²) in [6.45, 7) is 1.21. The van der Waals surface area contributed by atoms with Crippen LogP contribution < -0.4 is 15.4 Å². The van der Waals surface area contributed by atoms with Crippen LogP contribution in [0.25, 0.3) is 0 Å². The Morgan fingerprint density at radius 1 is 0.765 bits per heavy atom. The van der Waals surface area contributed by atoms with Crippen LogP contribution in [0.4, 0.5) is 0 Å². The van der Waals surface area contributed by atoms with E-state index in [0.717, 1.165) is 5.56 Å². The molecule has 3 rings (SSSR count). The molecule has 174 valence electrons. The molecule has 0 unspecified atom stereocenters. The van der Waals surface area contributed by atoms with Gasteiger partial charge in [0.1, 0.15) is 18.9 Å². The number of rotatable bonds is 9. The van der Waals surface area contributed by atoms with Crippen molar-refractivity contribution in [1.29, 1.82) is 0 Å². The Hall–Kier alpha value is -4.46. The van der Waals surface area contributed by atoms with Gasteiger partial charge >= 0.3 is 11.9 Å². The normalized spacial score (nSPS) is 10.1. The van der Waals surface area contributed by atoms with Crippen LogP contribution >= 0.6 is 0 Å². The lowest BCUT2D eigenvalue weighted by Gasteiger charge is -2.09. The molecule has 34 heavy (non-hydrogen) atoms. The summed E-state index contributed by atoms with van der Waals surface area (Å²) < 4.78 is 10.4. The lowest BCUT2D eigenvalue weighted by atomic mass is 10.1. The van der Waals surface area contributed by atoms with Crippen molar-refractivity contribution < 1.29 is 28.7 Å². The summed E-state index contributed by atoms with van der Waals surface area (Å²) in [6, 6.07) is 22.1. The number of para-hydroxylation sites is 1. The van der Waals surface area contributed by atoms with Gasteiger partial charge in [-0.1, -0.05) is 48.0 Å². The van der Waals surface area contributed by atoms with Crippen molar-refractivity contribution in [3.8, 4) is 5.75 Å². The summed E-state index contributed by atoms with van der Waals surface area (Å²) >= 11 is 0. The second-order valence-corrected chi connectivity index (χ2v) is 7.39. The van der Waals surface area contributed by atoms with Gasteiger partial charge in [0.2, 0.25) is 5.91 Å². The van der Waals surface area contributed by atoms with Crippen molar-refractivity contribution in [2.45, 2.75) is 13.5 Å². The van der Waals surface area contributed by atoms with E-state index in [4.69, 9.17) is 9.47 Å². The first kappa shape index (κ1) is 24.2. The highest BCUT2D eigenvalue weighted by atomic mass is 16.5. The first-order valence-electron chi connectivity index (χ1n) is 10.5. The second-order valence-electron chi connectivity index (χ2n) is 7.39. The van der Waals surface area contributed by atoms with E-state index < -0.39 is 17.8 Å². The molecule has 3 aromatic carbocycles. The van der Waals surface area contributed by atoms with Gasteiger partial charge in [-0.05, 0) is 48.9 Å². The van der Waals surface area contributed by atoms with Gasteiger partial charge in [0.25, 0.3) is 5.91 Å². The van der Waals surface area contributed by atoms with Gasteiger partial charge in [0, 0.05) is 5.56 Å². The first-order valence-corrected chi connectivity index (χ1v) is 10.5. The molecule has 0 saturated carbocycles. The maximum Gasteiger partial charge on any atom is 0.343 e. The van der Waals surface area contributed by atoms with E-state index >= 15 is 0 Å². The quantitative estimate of drug-likeness (QED) is 0.375. The predicted octanol–water partition coefficient (Wildman–Crippen LogP) is 2.80. The van der Waals surface area contributed by atoms with Crippen LogP contribution in [0.1, 0.15) is 31.8 Å². The highest BCUT2D eigenvalue weighted by Crippen LogP contribution is 2.13. The van der Waals surface area contributed by atoms with Crippen LogP contribution in [0.2, 0.25) is 0 Å². The van der Waals surface area contributed by atoms with E-state index in [2.05, 4.69) is 10.6 Å². The van der Waals surface area contributed by atoms with E-state index in [-0.39, 0.29) is 25.6 Å². The molecule has 2 N–H and O–H groups in total. The summed E-state index contributed by atoms with van der Waals surface area (Å²) in [7, 11) is 0. The number of nitrogens with one attached hydrogen (secondary N) is 2. The topological polar surface area (TPSA) is 111 Å². The van der Waals surface area contributed by atoms with Gasteiger partial charge in [-0.15, -0.1) is 0 Å². The Morgan fingerprint density at radius 2 is 1.50 bits per heavy atom. The van der Waals surface area contributed by atoms with Crippen LogP contribution in [-0.4, -0.2) is 36.8 Å². The molecule has 0 saturated heterocycles. The predicted molar refractivity (Wildman–Crippen MR) is 124 cm³/mol. The number of carbonyl (C=O) groups is 4. The highest BCUT2D eigenvalue weighted by Gasteiger charge is 2.12. The molecule has 8 nitrogen and oxygen atoms in total. The van der Waals surface area contributed by atoms with Crippen molar-refractivity contribution in [3.63, 3.8) is 0 Å². The lowest BCUT2D eigenvalue weighted by Crippen LogP contribution is -2.39.